The van der Waals surface area contributed by atoms with Crippen LogP contribution in [0.5, 0.6) is 11.5 Å². The van der Waals surface area contributed by atoms with Crippen molar-refractivity contribution >= 4 is 17.6 Å². The van der Waals surface area contributed by atoms with E-state index in [-0.39, 0.29) is 18.2 Å². The van der Waals surface area contributed by atoms with Crippen LogP contribution in [0, 0.1) is 12.8 Å². The van der Waals surface area contributed by atoms with Gasteiger partial charge in [0, 0.05) is 19.0 Å². The molecule has 2 aromatic rings. The highest BCUT2D eigenvalue weighted by Gasteiger charge is 2.34. The van der Waals surface area contributed by atoms with Crippen molar-refractivity contribution in [1.29, 1.82) is 0 Å². The molecule has 138 valence electrons. The average Bonchev–Trinajstić information content (AvgIpc) is 3.21. The van der Waals surface area contributed by atoms with Crippen molar-refractivity contribution < 1.29 is 23.6 Å². The molecule has 1 aromatic carbocycles. The lowest BCUT2D eigenvalue weighted by molar-refractivity contribution is -0.128. The first-order valence-corrected chi connectivity index (χ1v) is 8.34. The Kier molecular flexibility index (Phi) is 5.40. The van der Waals surface area contributed by atoms with Crippen molar-refractivity contribution in [3.05, 3.63) is 36.1 Å². The lowest BCUT2D eigenvalue weighted by atomic mass is 10.1. The van der Waals surface area contributed by atoms with E-state index in [9.17, 15) is 9.59 Å². The Morgan fingerprint density at radius 1 is 1.35 bits per heavy atom. The molecular formula is C18H21N3O5. The zero-order chi connectivity index (χ0) is 18.5. The van der Waals surface area contributed by atoms with Crippen molar-refractivity contribution in [3.8, 4) is 11.5 Å². The van der Waals surface area contributed by atoms with Gasteiger partial charge in [0.15, 0.2) is 5.82 Å². The molecule has 8 nitrogen and oxygen atoms in total. The zero-order valence-corrected chi connectivity index (χ0v) is 14.7. The molecule has 1 fully saturated rings. The maximum absolute atomic E-state index is 12.3. The summed E-state index contributed by atoms with van der Waals surface area (Å²) in [4.78, 5) is 26.0. The summed E-state index contributed by atoms with van der Waals surface area (Å²) in [6.45, 7) is 2.90. The van der Waals surface area contributed by atoms with E-state index < -0.39 is 5.92 Å². The highest BCUT2D eigenvalue weighted by molar-refractivity contribution is 5.96. The van der Waals surface area contributed by atoms with Gasteiger partial charge in [-0.15, -0.1) is 0 Å². The molecule has 0 bridgehead atoms. The molecule has 1 atom stereocenters. The van der Waals surface area contributed by atoms with Gasteiger partial charge >= 0.3 is 0 Å². The predicted molar refractivity (Wildman–Crippen MR) is 93.0 cm³/mol. The van der Waals surface area contributed by atoms with Crippen LogP contribution in [-0.4, -0.2) is 48.7 Å². The van der Waals surface area contributed by atoms with Gasteiger partial charge in [-0.1, -0.05) is 5.16 Å². The number of ether oxygens (including phenoxy) is 2. The first-order chi connectivity index (χ1) is 12.5. The average molecular weight is 359 g/mol. The third kappa shape index (κ3) is 4.33. The number of methoxy groups -OCH3 is 1. The summed E-state index contributed by atoms with van der Waals surface area (Å²) in [6, 6.07) is 8.86. The fourth-order valence-electron chi connectivity index (χ4n) is 2.76. The molecule has 0 spiro atoms. The first kappa shape index (κ1) is 17.8. The van der Waals surface area contributed by atoms with Crippen molar-refractivity contribution in [3.63, 3.8) is 0 Å². The van der Waals surface area contributed by atoms with Gasteiger partial charge in [-0.2, -0.15) is 0 Å². The van der Waals surface area contributed by atoms with Gasteiger partial charge < -0.3 is 24.2 Å². The number of aromatic nitrogens is 1. The summed E-state index contributed by atoms with van der Waals surface area (Å²) in [5, 5.41) is 6.40. The smallest absolute Gasteiger partial charge is 0.231 e. The summed E-state index contributed by atoms with van der Waals surface area (Å²) in [6.07, 6.45) is 0.186. The predicted octanol–water partition coefficient (Wildman–Crippen LogP) is 1.86. The van der Waals surface area contributed by atoms with Gasteiger partial charge in [0.05, 0.1) is 19.6 Å². The molecule has 0 radical (unpaired) electrons. The lowest BCUT2D eigenvalue weighted by Crippen LogP contribution is -2.31. The number of aryl methyl sites for hydroxylation is 1. The van der Waals surface area contributed by atoms with Crippen molar-refractivity contribution in [2.24, 2.45) is 5.92 Å². The highest BCUT2D eigenvalue weighted by atomic mass is 16.5. The fourth-order valence-corrected chi connectivity index (χ4v) is 2.76. The number of likely N-dealkylation sites (tertiary alicyclic amines) is 1. The normalized spacial score (nSPS) is 16.6. The van der Waals surface area contributed by atoms with Crippen LogP contribution < -0.4 is 14.8 Å². The van der Waals surface area contributed by atoms with Crippen molar-refractivity contribution in [1.82, 2.24) is 10.1 Å². The Balaban J connectivity index is 1.45. The minimum absolute atomic E-state index is 0.0557. The van der Waals surface area contributed by atoms with Crippen LogP contribution in [0.1, 0.15) is 12.2 Å². The van der Waals surface area contributed by atoms with Gasteiger partial charge in [0.2, 0.25) is 11.8 Å². The lowest BCUT2D eigenvalue weighted by Gasteiger charge is -2.17. The van der Waals surface area contributed by atoms with Gasteiger partial charge in [-0.05, 0) is 31.2 Å². The molecule has 0 saturated carbocycles. The zero-order valence-electron chi connectivity index (χ0n) is 14.7. The van der Waals surface area contributed by atoms with Crippen LogP contribution in [-0.2, 0) is 9.59 Å². The number of nitrogens with one attached hydrogen (secondary N) is 1. The number of nitrogens with zero attached hydrogens (tertiary/aromatic N) is 2. The van der Waals surface area contributed by atoms with E-state index >= 15 is 0 Å². The molecule has 0 aliphatic carbocycles. The molecule has 26 heavy (non-hydrogen) atoms. The maximum atomic E-state index is 12.3. The quantitative estimate of drug-likeness (QED) is 0.811. The number of hydrogen-bond acceptors (Lipinski definition) is 6. The summed E-state index contributed by atoms with van der Waals surface area (Å²) in [5.74, 6) is 1.74. The summed E-state index contributed by atoms with van der Waals surface area (Å²) in [5.41, 5.74) is 0. The molecule has 1 unspecified atom stereocenters. The van der Waals surface area contributed by atoms with E-state index in [1.807, 2.05) is 12.1 Å². The third-order valence-electron chi connectivity index (χ3n) is 4.15. The van der Waals surface area contributed by atoms with Crippen LogP contribution in [0.4, 0.5) is 5.82 Å². The molecule has 1 aliphatic heterocycles. The van der Waals surface area contributed by atoms with E-state index in [2.05, 4.69) is 10.5 Å². The third-order valence-corrected chi connectivity index (χ3v) is 4.15. The molecule has 2 heterocycles. The van der Waals surface area contributed by atoms with Crippen LogP contribution >= 0.6 is 0 Å². The van der Waals surface area contributed by atoms with Gasteiger partial charge in [0.1, 0.15) is 23.9 Å². The highest BCUT2D eigenvalue weighted by Crippen LogP contribution is 2.21. The minimum Gasteiger partial charge on any atom is -0.497 e. The van der Waals surface area contributed by atoms with Gasteiger partial charge in [0.25, 0.3) is 0 Å². The van der Waals surface area contributed by atoms with E-state index in [1.54, 1.807) is 37.1 Å². The maximum Gasteiger partial charge on any atom is 0.231 e. The second-order valence-electron chi connectivity index (χ2n) is 6.08. The van der Waals surface area contributed by atoms with Crippen LogP contribution in [0.15, 0.2) is 34.9 Å². The topological polar surface area (TPSA) is 93.9 Å². The number of anilines is 1. The van der Waals surface area contributed by atoms with Crippen LogP contribution in [0.25, 0.3) is 0 Å². The molecular weight excluding hydrogens is 338 g/mol. The molecule has 2 amide bonds. The number of carbonyl (C=O) groups is 2. The number of benzene rings is 1. The van der Waals surface area contributed by atoms with Gasteiger partial charge in [-0.3, -0.25) is 9.59 Å². The van der Waals surface area contributed by atoms with Crippen LogP contribution in [0.2, 0.25) is 0 Å². The second kappa shape index (κ2) is 7.90. The molecule has 3 rings (SSSR count). The van der Waals surface area contributed by atoms with E-state index in [4.69, 9.17) is 14.0 Å². The molecule has 1 aliphatic rings. The second-order valence-corrected chi connectivity index (χ2v) is 6.08. The molecule has 1 saturated heterocycles. The van der Waals surface area contributed by atoms with Gasteiger partial charge in [-0.25, -0.2) is 0 Å². The summed E-state index contributed by atoms with van der Waals surface area (Å²) in [7, 11) is 1.60. The largest absolute Gasteiger partial charge is 0.497 e. The molecule has 1 N–H and O–H groups in total. The van der Waals surface area contributed by atoms with E-state index in [1.165, 1.54) is 0 Å². The molecule has 1 aromatic heterocycles. The monoisotopic (exact) mass is 359 g/mol. The van der Waals surface area contributed by atoms with Crippen molar-refractivity contribution in [2.45, 2.75) is 13.3 Å². The fraction of sp³-hybridized carbons (Fsp3) is 0.389. The number of amides is 2. The SMILES string of the molecule is COc1ccc(OCCN2CC(C(=O)Nc3cc(C)on3)CC2=O)cc1. The Bertz CT molecular complexity index is 771. The Morgan fingerprint density at radius 3 is 2.73 bits per heavy atom. The number of carbonyl (C=O) groups excluding carboxylic acids is 2. The molecule has 8 heteroatoms. The van der Waals surface area contributed by atoms with Crippen molar-refractivity contribution in [2.75, 3.05) is 32.1 Å². The number of rotatable bonds is 7. The summed E-state index contributed by atoms with van der Waals surface area (Å²) >= 11 is 0. The summed E-state index contributed by atoms with van der Waals surface area (Å²) < 4.78 is 15.6. The van der Waals surface area contributed by atoms with Crippen LogP contribution in [0.3, 0.4) is 0 Å². The Hall–Kier alpha value is -3.03. The number of hydrogen-bond donors (Lipinski definition) is 1. The Labute approximate surface area is 151 Å². The Morgan fingerprint density at radius 2 is 2.08 bits per heavy atom. The van der Waals surface area contributed by atoms with E-state index in [0.717, 1.165) is 5.75 Å². The first-order valence-electron chi connectivity index (χ1n) is 8.34. The van der Waals surface area contributed by atoms with E-state index in [0.29, 0.717) is 37.0 Å². The minimum atomic E-state index is -0.402. The standard InChI is InChI=1S/C18H21N3O5/c1-12-9-16(20-26-12)19-18(23)13-10-17(22)21(11-13)7-8-25-15-5-3-14(24-2)4-6-15/h3-6,9,13H,7-8,10-11H2,1-2H3,(H,19,20,23).